The first-order valence-corrected chi connectivity index (χ1v) is 9.23. The monoisotopic (exact) mass is 402 g/mol. The fraction of sp³-hybridized carbons (Fsp3) is 0.357. The first kappa shape index (κ1) is 15.9. The molecule has 8 heteroatoms. The Morgan fingerprint density at radius 3 is 3.09 bits per heavy atom. The highest BCUT2D eigenvalue weighted by Gasteiger charge is 2.32. The van der Waals surface area contributed by atoms with Crippen molar-refractivity contribution >= 4 is 65.4 Å². The number of halogens is 2. The van der Waals surface area contributed by atoms with E-state index in [1.54, 1.807) is 4.90 Å². The Kier molecular flexibility index (Phi) is 4.52. The zero-order chi connectivity index (χ0) is 15.9. The maximum atomic E-state index is 13.4. The van der Waals surface area contributed by atoms with Crippen molar-refractivity contribution in [1.82, 2.24) is 4.98 Å². The Hall–Kier alpha value is -0.990. The summed E-state index contributed by atoms with van der Waals surface area (Å²) in [5.74, 6) is 0.456. The molecule has 2 heterocycles. The van der Waals surface area contributed by atoms with Crippen LogP contribution in [0.15, 0.2) is 16.6 Å². The van der Waals surface area contributed by atoms with Crippen LogP contribution in [0.2, 0.25) is 0 Å². The van der Waals surface area contributed by atoms with Gasteiger partial charge in [0.25, 0.3) is 0 Å². The normalized spacial score (nSPS) is 18.4. The number of thiazole rings is 1. The van der Waals surface area contributed by atoms with Crippen LogP contribution >= 0.6 is 39.0 Å². The highest BCUT2D eigenvalue weighted by Crippen LogP contribution is 2.36. The molecular weight excluding hydrogens is 391 g/mol. The summed E-state index contributed by atoms with van der Waals surface area (Å²) in [6.07, 6.45) is 0.422. The van der Waals surface area contributed by atoms with Gasteiger partial charge >= 0.3 is 0 Å². The van der Waals surface area contributed by atoms with Crippen molar-refractivity contribution in [3.05, 3.63) is 22.4 Å². The Labute approximate surface area is 143 Å². The van der Waals surface area contributed by atoms with Crippen LogP contribution < -0.4 is 4.90 Å². The zero-order valence-electron chi connectivity index (χ0n) is 11.6. The molecule has 1 atom stereocenters. The molecule has 1 aromatic carbocycles. The van der Waals surface area contributed by atoms with Gasteiger partial charge in [0.05, 0.1) is 10.2 Å². The summed E-state index contributed by atoms with van der Waals surface area (Å²) in [5.41, 5.74) is 0.663. The van der Waals surface area contributed by atoms with Crippen LogP contribution in [0.4, 0.5) is 9.52 Å². The molecule has 2 aromatic rings. The second kappa shape index (κ2) is 6.25. The molecule has 1 aliphatic heterocycles. The fourth-order valence-electron chi connectivity index (χ4n) is 2.37. The van der Waals surface area contributed by atoms with Crippen molar-refractivity contribution in [2.24, 2.45) is 5.92 Å². The minimum Gasteiger partial charge on any atom is -0.288 e. The number of amides is 1. The lowest BCUT2D eigenvalue weighted by Crippen LogP contribution is -2.24. The highest BCUT2D eigenvalue weighted by molar-refractivity contribution is 9.10. The van der Waals surface area contributed by atoms with Crippen LogP contribution in [0.5, 0.6) is 0 Å². The van der Waals surface area contributed by atoms with Crippen LogP contribution in [0.1, 0.15) is 13.3 Å². The Balaban J connectivity index is 1.83. The molecule has 0 radical (unpaired) electrons. The van der Waals surface area contributed by atoms with E-state index in [9.17, 15) is 14.0 Å². The van der Waals surface area contributed by atoms with Gasteiger partial charge in [-0.15, -0.1) is 0 Å². The van der Waals surface area contributed by atoms with Gasteiger partial charge in [-0.1, -0.05) is 23.1 Å². The lowest BCUT2D eigenvalue weighted by Gasteiger charge is -2.12. The molecule has 1 unspecified atom stereocenters. The van der Waals surface area contributed by atoms with Gasteiger partial charge in [0, 0.05) is 30.1 Å². The predicted octanol–water partition coefficient (Wildman–Crippen LogP) is 3.83. The molecule has 1 saturated heterocycles. The van der Waals surface area contributed by atoms with Gasteiger partial charge in [0.2, 0.25) is 5.91 Å². The molecule has 1 aliphatic rings. The van der Waals surface area contributed by atoms with E-state index in [4.69, 9.17) is 0 Å². The number of carbonyl (C=O) groups is 2. The van der Waals surface area contributed by atoms with Gasteiger partial charge in [0.15, 0.2) is 10.2 Å². The summed E-state index contributed by atoms with van der Waals surface area (Å²) in [6.45, 7) is 2.08. The summed E-state index contributed by atoms with van der Waals surface area (Å²) in [5, 5.41) is 0.645. The largest absolute Gasteiger partial charge is 0.288 e. The molecule has 3 rings (SSSR count). The summed E-state index contributed by atoms with van der Waals surface area (Å²) in [6, 6.07) is 2.79. The smallest absolute Gasteiger partial charge is 0.229 e. The number of thioether (sulfide) groups is 1. The van der Waals surface area contributed by atoms with Gasteiger partial charge in [-0.2, -0.15) is 0 Å². The minimum atomic E-state index is -0.335. The highest BCUT2D eigenvalue weighted by atomic mass is 79.9. The van der Waals surface area contributed by atoms with Crippen LogP contribution in [0.25, 0.3) is 10.2 Å². The van der Waals surface area contributed by atoms with E-state index >= 15 is 0 Å². The quantitative estimate of drug-likeness (QED) is 0.782. The van der Waals surface area contributed by atoms with E-state index in [0.29, 0.717) is 38.5 Å². The van der Waals surface area contributed by atoms with Crippen molar-refractivity contribution in [3.63, 3.8) is 0 Å². The third-order valence-electron chi connectivity index (χ3n) is 3.36. The van der Waals surface area contributed by atoms with Crippen molar-refractivity contribution < 1.29 is 14.0 Å². The molecule has 1 aromatic heterocycles. The van der Waals surface area contributed by atoms with E-state index in [-0.39, 0.29) is 22.8 Å². The average Bonchev–Trinajstić information content (AvgIpc) is 2.99. The van der Waals surface area contributed by atoms with Gasteiger partial charge in [-0.05, 0) is 34.0 Å². The second-order valence-electron chi connectivity index (χ2n) is 5.11. The molecule has 22 heavy (non-hydrogen) atoms. The topological polar surface area (TPSA) is 50.3 Å². The van der Waals surface area contributed by atoms with Crippen LogP contribution in [0, 0.1) is 11.7 Å². The summed E-state index contributed by atoms with van der Waals surface area (Å²) in [4.78, 5) is 29.3. The maximum absolute atomic E-state index is 13.4. The number of rotatable bonds is 3. The number of carbonyl (C=O) groups excluding carboxylic acids is 2. The van der Waals surface area contributed by atoms with Crippen LogP contribution in [-0.4, -0.2) is 28.3 Å². The van der Waals surface area contributed by atoms with Crippen molar-refractivity contribution in [2.75, 3.05) is 17.2 Å². The average molecular weight is 403 g/mol. The van der Waals surface area contributed by atoms with E-state index < -0.39 is 0 Å². The number of hydrogen-bond donors (Lipinski definition) is 0. The SMILES string of the molecule is CC(=O)SCC1CC(=O)N(c2nc3c(Br)cc(F)cc3s2)C1. The lowest BCUT2D eigenvalue weighted by atomic mass is 10.1. The number of benzene rings is 1. The fourth-order valence-corrected chi connectivity index (χ4v) is 4.76. The Morgan fingerprint density at radius 2 is 2.36 bits per heavy atom. The zero-order valence-corrected chi connectivity index (χ0v) is 14.9. The molecule has 1 fully saturated rings. The third kappa shape index (κ3) is 3.18. The summed E-state index contributed by atoms with van der Waals surface area (Å²) < 4.78 is 14.7. The van der Waals surface area contributed by atoms with E-state index in [1.165, 1.54) is 42.2 Å². The number of aromatic nitrogens is 1. The predicted molar refractivity (Wildman–Crippen MR) is 90.9 cm³/mol. The molecule has 4 nitrogen and oxygen atoms in total. The molecule has 116 valence electrons. The van der Waals surface area contributed by atoms with E-state index in [2.05, 4.69) is 20.9 Å². The second-order valence-corrected chi connectivity index (χ2v) is 8.17. The number of nitrogens with zero attached hydrogens (tertiary/aromatic N) is 2. The van der Waals surface area contributed by atoms with E-state index in [0.717, 1.165) is 0 Å². The van der Waals surface area contributed by atoms with Crippen molar-refractivity contribution in [3.8, 4) is 0 Å². The summed E-state index contributed by atoms with van der Waals surface area (Å²) in [7, 11) is 0. The van der Waals surface area contributed by atoms with Crippen molar-refractivity contribution in [1.29, 1.82) is 0 Å². The van der Waals surface area contributed by atoms with Gasteiger partial charge in [-0.25, -0.2) is 9.37 Å². The molecule has 0 aliphatic carbocycles. The third-order valence-corrected chi connectivity index (χ3v) is 6.03. The lowest BCUT2D eigenvalue weighted by molar-refractivity contribution is -0.117. The van der Waals surface area contributed by atoms with Crippen LogP contribution in [-0.2, 0) is 9.59 Å². The molecule has 0 bridgehead atoms. The molecule has 0 saturated carbocycles. The number of fused-ring (bicyclic) bond motifs is 1. The first-order valence-electron chi connectivity index (χ1n) is 6.63. The minimum absolute atomic E-state index is 0.00445. The summed E-state index contributed by atoms with van der Waals surface area (Å²) >= 11 is 5.85. The molecule has 0 N–H and O–H groups in total. The van der Waals surface area contributed by atoms with E-state index in [1.807, 2.05) is 0 Å². The maximum Gasteiger partial charge on any atom is 0.229 e. The van der Waals surface area contributed by atoms with Gasteiger partial charge < -0.3 is 0 Å². The molecular formula is C14H12BrFN2O2S2. The number of anilines is 1. The first-order chi connectivity index (χ1) is 10.4. The standard InChI is InChI=1S/C14H12BrFN2O2S2/c1-7(19)21-6-8-2-12(20)18(5-8)14-17-13-10(15)3-9(16)4-11(13)22-14/h3-4,8H,2,5-6H2,1H3. The van der Waals surface area contributed by atoms with Gasteiger partial charge in [0.1, 0.15) is 5.82 Å². The Morgan fingerprint density at radius 1 is 1.59 bits per heavy atom. The number of hydrogen-bond acceptors (Lipinski definition) is 5. The Bertz CT molecular complexity index is 765. The molecule has 1 amide bonds. The van der Waals surface area contributed by atoms with Gasteiger partial charge in [-0.3, -0.25) is 14.5 Å². The molecule has 0 spiro atoms. The van der Waals surface area contributed by atoms with Crippen LogP contribution in [0.3, 0.4) is 0 Å². The van der Waals surface area contributed by atoms with Crippen molar-refractivity contribution in [2.45, 2.75) is 13.3 Å².